The van der Waals surface area contributed by atoms with Gasteiger partial charge in [-0.1, -0.05) is 13.0 Å². The van der Waals surface area contributed by atoms with E-state index in [0.29, 0.717) is 6.54 Å². The average Bonchev–Trinajstić information content (AvgIpc) is 2.61. The number of anilines is 2. The fraction of sp³-hybridized carbons (Fsp3) is 0.438. The summed E-state index contributed by atoms with van der Waals surface area (Å²) in [5.74, 6) is 1.85. The van der Waals surface area contributed by atoms with Crippen molar-refractivity contribution in [3.63, 3.8) is 0 Å². The van der Waals surface area contributed by atoms with E-state index in [2.05, 4.69) is 49.1 Å². The zero-order valence-corrected chi connectivity index (χ0v) is 12.9. The molecule has 1 N–H and O–H groups in total. The second-order valence-electron chi connectivity index (χ2n) is 5.39. The van der Waals surface area contributed by atoms with E-state index in [-0.39, 0.29) is 0 Å². The summed E-state index contributed by atoms with van der Waals surface area (Å²) in [5, 5.41) is 3.24. The van der Waals surface area contributed by atoms with Crippen molar-refractivity contribution in [3.05, 3.63) is 42.5 Å². The minimum atomic E-state index is 0.704. The molecule has 3 rings (SSSR count). The Morgan fingerprint density at radius 2 is 1.91 bits per heavy atom. The van der Waals surface area contributed by atoms with Gasteiger partial charge in [0.1, 0.15) is 11.6 Å². The van der Waals surface area contributed by atoms with Crippen LogP contribution in [-0.2, 0) is 6.54 Å². The molecule has 0 amide bonds. The molecule has 0 aliphatic carbocycles. The van der Waals surface area contributed by atoms with E-state index in [1.54, 1.807) is 18.6 Å². The summed E-state index contributed by atoms with van der Waals surface area (Å²) in [7, 11) is 0. The second-order valence-corrected chi connectivity index (χ2v) is 5.39. The van der Waals surface area contributed by atoms with Gasteiger partial charge in [0.15, 0.2) is 0 Å². The number of aromatic nitrogens is 3. The molecule has 2 aromatic heterocycles. The summed E-state index contributed by atoms with van der Waals surface area (Å²) in [4.78, 5) is 17.6. The maximum atomic E-state index is 4.60. The largest absolute Gasteiger partial charge is 0.365 e. The molecule has 0 radical (unpaired) electrons. The molecule has 0 saturated carbocycles. The highest BCUT2D eigenvalue weighted by atomic mass is 15.3. The van der Waals surface area contributed by atoms with Crippen molar-refractivity contribution in [2.24, 2.45) is 0 Å². The van der Waals surface area contributed by atoms with Gasteiger partial charge in [0.25, 0.3) is 0 Å². The van der Waals surface area contributed by atoms with E-state index >= 15 is 0 Å². The first-order valence-electron chi connectivity index (χ1n) is 7.77. The zero-order valence-electron chi connectivity index (χ0n) is 12.9. The highest BCUT2D eigenvalue weighted by molar-refractivity contribution is 5.41. The Balaban J connectivity index is 1.54. The predicted octanol–water partition coefficient (Wildman–Crippen LogP) is 1.63. The van der Waals surface area contributed by atoms with Gasteiger partial charge in [0.05, 0.1) is 6.20 Å². The molecule has 116 valence electrons. The first-order chi connectivity index (χ1) is 10.8. The van der Waals surface area contributed by atoms with Crippen molar-refractivity contribution in [1.29, 1.82) is 0 Å². The number of nitrogens with zero attached hydrogens (tertiary/aromatic N) is 5. The summed E-state index contributed by atoms with van der Waals surface area (Å²) in [6.07, 6.45) is 7.00. The molecular formula is C16H22N6. The number of piperazine rings is 1. The SMILES string of the molecule is CCN1CCN(c2ccc(CNc3cnccn3)cn2)CC1. The van der Waals surface area contributed by atoms with Crippen LogP contribution in [0.2, 0.25) is 0 Å². The standard InChI is InChI=1S/C16H22N6/c1-2-21-7-9-22(10-8-21)16-4-3-14(12-20-16)11-19-15-13-17-5-6-18-15/h3-6,12-13H,2,7-11H2,1H3,(H,18,19). The molecule has 0 spiro atoms. The van der Waals surface area contributed by atoms with Crippen molar-refractivity contribution in [3.8, 4) is 0 Å². The molecule has 6 heteroatoms. The Bertz CT molecular complexity index is 563. The van der Waals surface area contributed by atoms with E-state index in [0.717, 1.165) is 49.9 Å². The first kappa shape index (κ1) is 14.7. The molecule has 1 aliphatic rings. The monoisotopic (exact) mass is 298 g/mol. The molecule has 22 heavy (non-hydrogen) atoms. The maximum Gasteiger partial charge on any atom is 0.144 e. The van der Waals surface area contributed by atoms with Gasteiger partial charge in [0, 0.05) is 51.3 Å². The van der Waals surface area contributed by atoms with Crippen LogP contribution in [0.25, 0.3) is 0 Å². The van der Waals surface area contributed by atoms with Gasteiger partial charge >= 0.3 is 0 Å². The molecule has 6 nitrogen and oxygen atoms in total. The lowest BCUT2D eigenvalue weighted by atomic mass is 10.2. The molecule has 0 unspecified atom stereocenters. The molecular weight excluding hydrogens is 276 g/mol. The third-order valence-electron chi connectivity index (χ3n) is 3.99. The topological polar surface area (TPSA) is 57.2 Å². The summed E-state index contributed by atoms with van der Waals surface area (Å²) in [6.45, 7) is 8.40. The fourth-order valence-corrected chi connectivity index (χ4v) is 2.58. The Morgan fingerprint density at radius 3 is 2.55 bits per heavy atom. The average molecular weight is 298 g/mol. The maximum absolute atomic E-state index is 4.60. The third kappa shape index (κ3) is 3.71. The van der Waals surface area contributed by atoms with Crippen LogP contribution in [0.1, 0.15) is 12.5 Å². The van der Waals surface area contributed by atoms with Gasteiger partial charge < -0.3 is 15.1 Å². The van der Waals surface area contributed by atoms with Gasteiger partial charge in [-0.05, 0) is 18.2 Å². The number of hydrogen-bond donors (Lipinski definition) is 1. The lowest BCUT2D eigenvalue weighted by molar-refractivity contribution is 0.270. The lowest BCUT2D eigenvalue weighted by Gasteiger charge is -2.34. The van der Waals surface area contributed by atoms with Crippen molar-refractivity contribution in [1.82, 2.24) is 19.9 Å². The predicted molar refractivity (Wildman–Crippen MR) is 87.9 cm³/mol. The minimum absolute atomic E-state index is 0.704. The van der Waals surface area contributed by atoms with Gasteiger partial charge in [-0.2, -0.15) is 0 Å². The normalized spacial score (nSPS) is 15.8. The van der Waals surface area contributed by atoms with Gasteiger partial charge in [-0.15, -0.1) is 0 Å². The van der Waals surface area contributed by atoms with E-state index in [9.17, 15) is 0 Å². The highest BCUT2D eigenvalue weighted by Gasteiger charge is 2.16. The van der Waals surface area contributed by atoms with Crippen LogP contribution in [-0.4, -0.2) is 52.6 Å². The molecule has 2 aromatic rings. The zero-order chi connectivity index (χ0) is 15.2. The fourth-order valence-electron chi connectivity index (χ4n) is 2.58. The molecule has 0 bridgehead atoms. The number of nitrogens with one attached hydrogen (secondary N) is 1. The van der Waals surface area contributed by atoms with Gasteiger partial charge in [-0.25, -0.2) is 9.97 Å². The van der Waals surface area contributed by atoms with Crippen LogP contribution >= 0.6 is 0 Å². The molecule has 1 saturated heterocycles. The summed E-state index contributed by atoms with van der Waals surface area (Å²) in [6, 6.07) is 4.23. The molecule has 0 aromatic carbocycles. The van der Waals surface area contributed by atoms with E-state index in [1.165, 1.54) is 0 Å². The third-order valence-corrected chi connectivity index (χ3v) is 3.99. The van der Waals surface area contributed by atoms with Crippen LogP contribution in [0, 0.1) is 0 Å². The highest BCUT2D eigenvalue weighted by Crippen LogP contribution is 2.14. The van der Waals surface area contributed by atoms with E-state index in [4.69, 9.17) is 0 Å². The first-order valence-corrected chi connectivity index (χ1v) is 7.77. The van der Waals surface area contributed by atoms with E-state index < -0.39 is 0 Å². The van der Waals surface area contributed by atoms with Crippen molar-refractivity contribution >= 4 is 11.6 Å². The van der Waals surface area contributed by atoms with Gasteiger partial charge in [0.2, 0.25) is 0 Å². The Hall–Kier alpha value is -2.21. The smallest absolute Gasteiger partial charge is 0.144 e. The Morgan fingerprint density at radius 1 is 1.05 bits per heavy atom. The summed E-state index contributed by atoms with van der Waals surface area (Å²) in [5.41, 5.74) is 1.14. The van der Waals surface area contributed by atoms with Crippen LogP contribution in [0.3, 0.4) is 0 Å². The van der Waals surface area contributed by atoms with E-state index in [1.807, 2.05) is 6.20 Å². The molecule has 3 heterocycles. The summed E-state index contributed by atoms with van der Waals surface area (Å²) < 4.78 is 0. The van der Waals surface area contributed by atoms with Crippen LogP contribution < -0.4 is 10.2 Å². The van der Waals surface area contributed by atoms with Gasteiger partial charge in [-0.3, -0.25) is 4.98 Å². The minimum Gasteiger partial charge on any atom is -0.365 e. The lowest BCUT2D eigenvalue weighted by Crippen LogP contribution is -2.46. The molecule has 0 atom stereocenters. The number of likely N-dealkylation sites (N-methyl/N-ethyl adjacent to an activating group) is 1. The number of rotatable bonds is 5. The van der Waals surface area contributed by atoms with Crippen LogP contribution in [0.5, 0.6) is 0 Å². The van der Waals surface area contributed by atoms with Crippen molar-refractivity contribution < 1.29 is 0 Å². The number of pyridine rings is 1. The molecule has 1 aliphatic heterocycles. The Labute approximate surface area is 131 Å². The van der Waals surface area contributed by atoms with Crippen LogP contribution in [0.4, 0.5) is 11.6 Å². The summed E-state index contributed by atoms with van der Waals surface area (Å²) >= 11 is 0. The quantitative estimate of drug-likeness (QED) is 0.905. The molecule has 1 fully saturated rings. The second kappa shape index (κ2) is 7.17. The van der Waals surface area contributed by atoms with Crippen LogP contribution in [0.15, 0.2) is 36.9 Å². The van der Waals surface area contributed by atoms with Crippen molar-refractivity contribution in [2.45, 2.75) is 13.5 Å². The number of hydrogen-bond acceptors (Lipinski definition) is 6. The Kier molecular flexibility index (Phi) is 4.80. The van der Waals surface area contributed by atoms with Crippen molar-refractivity contribution in [2.75, 3.05) is 42.9 Å².